The number of aromatic amines is 1. The summed E-state index contributed by atoms with van der Waals surface area (Å²) in [6.07, 6.45) is 0. The highest BCUT2D eigenvalue weighted by molar-refractivity contribution is 5.94. The number of aromatic nitrogens is 2. The van der Waals surface area contributed by atoms with Gasteiger partial charge in [0.15, 0.2) is 7.05 Å². The Morgan fingerprint density at radius 1 is 1.40 bits per heavy atom. The third kappa shape index (κ3) is 2.71. The van der Waals surface area contributed by atoms with Gasteiger partial charge in [-0.05, 0) is 29.5 Å². The highest BCUT2D eigenvalue weighted by Gasteiger charge is 2.22. The van der Waals surface area contributed by atoms with E-state index in [4.69, 9.17) is 4.74 Å². The smallest absolute Gasteiger partial charge is 0.431 e. The first-order valence-electron chi connectivity index (χ1n) is 5.99. The molecule has 0 saturated carbocycles. The molecule has 0 saturated heterocycles. The minimum Gasteiger partial charge on any atom is -0.497 e. The molecule has 1 aromatic heterocycles. The van der Waals surface area contributed by atoms with Gasteiger partial charge in [-0.2, -0.15) is 0 Å². The number of aryl methyl sites for hydroxylation is 1. The van der Waals surface area contributed by atoms with E-state index < -0.39 is 5.63 Å². The predicted molar refractivity (Wildman–Crippen MR) is 69.3 cm³/mol. The summed E-state index contributed by atoms with van der Waals surface area (Å²) in [5.74, 6) is 0.495. The van der Waals surface area contributed by atoms with Crippen molar-refractivity contribution in [3.05, 3.63) is 45.9 Å². The lowest BCUT2D eigenvalue weighted by Crippen LogP contribution is -2.40. The molecule has 1 amide bonds. The zero-order valence-corrected chi connectivity index (χ0v) is 11.5. The normalized spacial score (nSPS) is 10.3. The number of nitrogens with zero attached hydrogens (tertiary/aromatic N) is 2. The van der Waals surface area contributed by atoms with Crippen LogP contribution in [-0.2, 0) is 13.6 Å². The van der Waals surface area contributed by atoms with Gasteiger partial charge in [0.2, 0.25) is 0 Å². The zero-order chi connectivity index (χ0) is 14.7. The van der Waals surface area contributed by atoms with Crippen LogP contribution in [0.1, 0.15) is 16.1 Å². The second kappa shape index (κ2) is 5.60. The molecule has 106 valence electrons. The van der Waals surface area contributed by atoms with Crippen LogP contribution in [0.15, 0.2) is 33.6 Å². The minimum atomic E-state index is -0.484. The van der Waals surface area contributed by atoms with Crippen molar-refractivity contribution in [2.45, 2.75) is 6.54 Å². The third-order valence-electron chi connectivity index (χ3n) is 2.99. The lowest BCUT2D eigenvalue weighted by Gasteiger charge is -2.14. The van der Waals surface area contributed by atoms with Crippen molar-refractivity contribution in [2.75, 3.05) is 14.2 Å². The number of carbonyl (C=O) groups is 1. The molecule has 0 radical (unpaired) electrons. The van der Waals surface area contributed by atoms with Crippen LogP contribution in [-0.4, -0.2) is 30.2 Å². The summed E-state index contributed by atoms with van der Waals surface area (Å²) in [5.41, 5.74) is 0.409. The van der Waals surface area contributed by atoms with E-state index in [-0.39, 0.29) is 12.5 Å². The number of H-pyrrole nitrogens is 1. The van der Waals surface area contributed by atoms with Gasteiger partial charge in [-0.15, -0.1) is 0 Å². The van der Waals surface area contributed by atoms with Gasteiger partial charge < -0.3 is 9.64 Å². The lowest BCUT2D eigenvalue weighted by atomic mass is 10.2. The molecule has 2 rings (SSSR count). The second-order valence-electron chi connectivity index (χ2n) is 4.38. The average molecular weight is 278 g/mol. The number of amides is 1. The Morgan fingerprint density at radius 2 is 2.05 bits per heavy atom. The summed E-state index contributed by atoms with van der Waals surface area (Å²) in [6.45, 7) is 0.160. The van der Waals surface area contributed by atoms with Gasteiger partial charge in [0.1, 0.15) is 12.3 Å². The lowest BCUT2D eigenvalue weighted by molar-refractivity contribution is -0.746. The van der Waals surface area contributed by atoms with Gasteiger partial charge in [0.05, 0.1) is 7.11 Å². The van der Waals surface area contributed by atoms with Gasteiger partial charge in [-0.3, -0.25) is 9.32 Å². The summed E-state index contributed by atoms with van der Waals surface area (Å²) in [5, 5.41) is 2.41. The molecule has 7 nitrogen and oxygen atoms in total. The van der Waals surface area contributed by atoms with E-state index in [1.54, 1.807) is 45.5 Å². The van der Waals surface area contributed by atoms with Crippen molar-refractivity contribution in [3.8, 4) is 5.75 Å². The summed E-state index contributed by atoms with van der Waals surface area (Å²) in [7, 11) is 4.83. The number of hydrogen-bond donors (Lipinski definition) is 1. The molecule has 1 heterocycles. The number of benzene rings is 1. The molecule has 7 heteroatoms. The Bertz CT molecular complexity index is 657. The van der Waals surface area contributed by atoms with E-state index in [0.717, 1.165) is 0 Å². The maximum atomic E-state index is 12.2. The van der Waals surface area contributed by atoms with Crippen LogP contribution < -0.4 is 15.0 Å². The minimum absolute atomic E-state index is 0.160. The number of rotatable bonds is 4. The van der Waals surface area contributed by atoms with Gasteiger partial charge >= 0.3 is 11.3 Å². The molecule has 0 atom stereocenters. The van der Waals surface area contributed by atoms with Crippen molar-refractivity contribution in [1.82, 2.24) is 10.2 Å². The Hall–Kier alpha value is -2.57. The van der Waals surface area contributed by atoms with Crippen LogP contribution in [0.25, 0.3) is 0 Å². The molecule has 0 spiro atoms. The van der Waals surface area contributed by atoms with Gasteiger partial charge in [0, 0.05) is 12.6 Å². The van der Waals surface area contributed by atoms with E-state index in [9.17, 15) is 9.59 Å². The van der Waals surface area contributed by atoms with Crippen LogP contribution in [0.4, 0.5) is 0 Å². The van der Waals surface area contributed by atoms with Crippen molar-refractivity contribution in [2.24, 2.45) is 7.05 Å². The maximum absolute atomic E-state index is 12.2. The highest BCUT2D eigenvalue weighted by atomic mass is 16.5. The van der Waals surface area contributed by atoms with E-state index >= 15 is 0 Å². The average Bonchev–Trinajstić information content (AvgIpc) is 2.78. The van der Waals surface area contributed by atoms with E-state index in [2.05, 4.69) is 9.79 Å². The van der Waals surface area contributed by atoms with Gasteiger partial charge in [-0.1, -0.05) is 4.68 Å². The Kier molecular flexibility index (Phi) is 3.88. The van der Waals surface area contributed by atoms with Gasteiger partial charge in [-0.25, -0.2) is 4.79 Å². The first kappa shape index (κ1) is 13.9. The highest BCUT2D eigenvalue weighted by Crippen LogP contribution is 2.13. The summed E-state index contributed by atoms with van der Waals surface area (Å²) < 4.78 is 11.1. The summed E-state index contributed by atoms with van der Waals surface area (Å²) in [4.78, 5) is 25.1. The van der Waals surface area contributed by atoms with Gasteiger partial charge in [0.25, 0.3) is 5.91 Å². The van der Waals surface area contributed by atoms with E-state index in [0.29, 0.717) is 17.0 Å². The number of ether oxygens (including phenoxy) is 1. The Balaban J connectivity index is 2.14. The molecule has 0 aliphatic heterocycles. The topological polar surface area (TPSA) is 79.4 Å². The number of hydrogen-bond acceptors (Lipinski definition) is 4. The molecular formula is C13H16N3O4+. The molecule has 0 bridgehead atoms. The molecule has 0 fully saturated rings. The third-order valence-corrected chi connectivity index (χ3v) is 2.99. The fourth-order valence-corrected chi connectivity index (χ4v) is 1.78. The molecule has 1 aromatic carbocycles. The van der Waals surface area contributed by atoms with Crippen molar-refractivity contribution < 1.29 is 18.7 Å². The number of nitrogens with one attached hydrogen (secondary N) is 1. The molecular weight excluding hydrogens is 262 g/mol. The maximum Gasteiger partial charge on any atom is 0.431 e. The first-order chi connectivity index (χ1) is 9.52. The fourth-order valence-electron chi connectivity index (χ4n) is 1.78. The SMILES string of the molecule is COc1ccc(C(=O)N(C)Cc2c(=O)o[nH][n+]2C)cc1. The Morgan fingerprint density at radius 3 is 2.55 bits per heavy atom. The van der Waals surface area contributed by atoms with Crippen molar-refractivity contribution in [1.29, 1.82) is 0 Å². The van der Waals surface area contributed by atoms with Crippen molar-refractivity contribution in [3.63, 3.8) is 0 Å². The molecule has 0 aliphatic rings. The summed E-state index contributed by atoms with van der Waals surface area (Å²) >= 11 is 0. The molecule has 20 heavy (non-hydrogen) atoms. The number of carbonyl (C=O) groups excluding carboxylic acids is 1. The summed E-state index contributed by atoms with van der Waals surface area (Å²) in [6, 6.07) is 6.78. The fraction of sp³-hybridized carbons (Fsp3) is 0.308. The largest absolute Gasteiger partial charge is 0.497 e. The van der Waals surface area contributed by atoms with Crippen molar-refractivity contribution >= 4 is 5.91 Å². The molecule has 0 aliphatic carbocycles. The second-order valence-corrected chi connectivity index (χ2v) is 4.38. The van der Waals surface area contributed by atoms with Crippen LogP contribution in [0, 0.1) is 0 Å². The standard InChI is InChI=1S/C13H15N3O4/c1-15(8-11-13(18)20-14-16(11)2)12(17)9-4-6-10(19-3)7-5-9/h4-7H,8H2,1-3H3/p+1. The monoisotopic (exact) mass is 278 g/mol. The van der Waals surface area contributed by atoms with E-state index in [1.807, 2.05) is 0 Å². The first-order valence-corrected chi connectivity index (χ1v) is 5.99. The van der Waals surface area contributed by atoms with Crippen LogP contribution in [0.2, 0.25) is 0 Å². The zero-order valence-electron chi connectivity index (χ0n) is 11.5. The van der Waals surface area contributed by atoms with E-state index in [1.165, 1.54) is 9.58 Å². The van der Waals surface area contributed by atoms with Crippen LogP contribution in [0.3, 0.4) is 0 Å². The quantitative estimate of drug-likeness (QED) is 0.803. The van der Waals surface area contributed by atoms with Crippen LogP contribution in [0.5, 0.6) is 5.75 Å². The Labute approximate surface area is 115 Å². The van der Waals surface area contributed by atoms with Crippen LogP contribution >= 0.6 is 0 Å². The number of methoxy groups -OCH3 is 1. The predicted octanol–water partition coefficient (Wildman–Crippen LogP) is 0.0732. The molecule has 0 unspecified atom stereocenters. The molecule has 2 aromatic rings. The molecule has 1 N–H and O–H groups in total.